The maximum absolute atomic E-state index is 12.7. The fraction of sp³-hybridized carbons (Fsp3) is 0.333. The minimum Gasteiger partial charge on any atom is -0.493 e. The standard InChI is InChI=1S/C21H21F3N2O4/c1-29-18-8-12(2-7-17(18)30-11-19(25)27)10-26-20(28)16-9-15(16)13-3-5-14(6-4-13)21(22,23)24/h2-8,15-16H,9-11H2,1H3,(H2,25,27)(H,26,28). The number of methoxy groups -OCH3 is 1. The van der Waals surface area contributed by atoms with E-state index >= 15 is 0 Å². The average molecular weight is 422 g/mol. The van der Waals surface area contributed by atoms with Crippen LogP contribution in [0.2, 0.25) is 0 Å². The second kappa shape index (κ2) is 8.64. The Hall–Kier alpha value is -3.23. The molecule has 0 bridgehead atoms. The van der Waals surface area contributed by atoms with Crippen molar-refractivity contribution >= 4 is 11.8 Å². The van der Waals surface area contributed by atoms with Gasteiger partial charge in [-0.3, -0.25) is 9.59 Å². The lowest BCUT2D eigenvalue weighted by molar-refractivity contribution is -0.137. The van der Waals surface area contributed by atoms with E-state index in [9.17, 15) is 22.8 Å². The molecule has 2 atom stereocenters. The van der Waals surface area contributed by atoms with Crippen molar-refractivity contribution in [1.29, 1.82) is 0 Å². The number of alkyl halides is 3. The van der Waals surface area contributed by atoms with Gasteiger partial charge in [-0.25, -0.2) is 0 Å². The fourth-order valence-electron chi connectivity index (χ4n) is 3.18. The van der Waals surface area contributed by atoms with Gasteiger partial charge in [0.25, 0.3) is 5.91 Å². The summed E-state index contributed by atoms with van der Waals surface area (Å²) in [5.41, 5.74) is 5.84. The molecule has 0 aliphatic heterocycles. The van der Waals surface area contributed by atoms with Gasteiger partial charge < -0.3 is 20.5 Å². The number of hydrogen-bond acceptors (Lipinski definition) is 4. The molecule has 3 N–H and O–H groups in total. The molecule has 2 amide bonds. The molecule has 6 nitrogen and oxygen atoms in total. The van der Waals surface area contributed by atoms with Crippen molar-refractivity contribution < 1.29 is 32.2 Å². The monoisotopic (exact) mass is 422 g/mol. The number of ether oxygens (including phenoxy) is 2. The highest BCUT2D eigenvalue weighted by molar-refractivity contribution is 5.82. The van der Waals surface area contributed by atoms with Gasteiger partial charge >= 0.3 is 6.18 Å². The van der Waals surface area contributed by atoms with Crippen LogP contribution >= 0.6 is 0 Å². The minimum absolute atomic E-state index is 0.0774. The lowest BCUT2D eigenvalue weighted by Gasteiger charge is -2.12. The van der Waals surface area contributed by atoms with Crippen molar-refractivity contribution in [2.75, 3.05) is 13.7 Å². The number of rotatable bonds is 8. The molecule has 1 aliphatic rings. The van der Waals surface area contributed by atoms with Crippen molar-refractivity contribution in [1.82, 2.24) is 5.32 Å². The Labute approximate surface area is 171 Å². The SMILES string of the molecule is COc1cc(CNC(=O)C2CC2c2ccc(C(F)(F)F)cc2)ccc1OCC(N)=O. The van der Waals surface area contributed by atoms with E-state index in [1.807, 2.05) is 0 Å². The summed E-state index contributed by atoms with van der Waals surface area (Å²) in [6.07, 6.45) is -3.78. The van der Waals surface area contributed by atoms with Gasteiger partial charge in [0.05, 0.1) is 12.7 Å². The Kier molecular flexibility index (Phi) is 6.19. The van der Waals surface area contributed by atoms with E-state index in [1.165, 1.54) is 19.2 Å². The highest BCUT2D eigenvalue weighted by atomic mass is 19.4. The van der Waals surface area contributed by atoms with E-state index in [-0.39, 0.29) is 30.9 Å². The van der Waals surface area contributed by atoms with Crippen LogP contribution in [-0.4, -0.2) is 25.5 Å². The molecule has 3 rings (SSSR count). The quantitative estimate of drug-likeness (QED) is 0.684. The molecule has 9 heteroatoms. The highest BCUT2D eigenvalue weighted by Gasteiger charge is 2.44. The van der Waals surface area contributed by atoms with Crippen LogP contribution in [0.4, 0.5) is 13.2 Å². The van der Waals surface area contributed by atoms with E-state index < -0.39 is 17.6 Å². The number of primary amides is 1. The second-order valence-corrected chi connectivity index (χ2v) is 7.03. The molecule has 0 radical (unpaired) electrons. The number of nitrogens with one attached hydrogen (secondary N) is 1. The molecule has 30 heavy (non-hydrogen) atoms. The largest absolute Gasteiger partial charge is 0.493 e. The Bertz CT molecular complexity index is 929. The van der Waals surface area contributed by atoms with E-state index in [1.54, 1.807) is 18.2 Å². The first-order valence-corrected chi connectivity index (χ1v) is 9.22. The molecular weight excluding hydrogens is 401 g/mol. The second-order valence-electron chi connectivity index (χ2n) is 7.03. The van der Waals surface area contributed by atoms with Crippen LogP contribution in [-0.2, 0) is 22.3 Å². The fourth-order valence-corrected chi connectivity index (χ4v) is 3.18. The first-order chi connectivity index (χ1) is 14.2. The third kappa shape index (κ3) is 5.22. The van der Waals surface area contributed by atoms with E-state index in [0.717, 1.165) is 23.3 Å². The van der Waals surface area contributed by atoms with Gasteiger partial charge in [-0.05, 0) is 47.7 Å². The van der Waals surface area contributed by atoms with Crippen LogP contribution in [0.3, 0.4) is 0 Å². The Morgan fingerprint density at radius 3 is 2.43 bits per heavy atom. The topological polar surface area (TPSA) is 90.7 Å². The molecule has 1 fully saturated rings. The lowest BCUT2D eigenvalue weighted by Crippen LogP contribution is -2.25. The molecule has 0 heterocycles. The number of halogens is 3. The van der Waals surface area contributed by atoms with Gasteiger partial charge in [0.15, 0.2) is 18.1 Å². The van der Waals surface area contributed by atoms with Gasteiger partial charge in [0.2, 0.25) is 5.91 Å². The van der Waals surface area contributed by atoms with Crippen LogP contribution in [0.5, 0.6) is 11.5 Å². The molecule has 0 spiro atoms. The van der Waals surface area contributed by atoms with Crippen LogP contribution in [0.1, 0.15) is 29.0 Å². The summed E-state index contributed by atoms with van der Waals surface area (Å²) in [6.45, 7) is -0.0268. The molecular formula is C21H21F3N2O4. The number of carbonyl (C=O) groups excluding carboxylic acids is 2. The smallest absolute Gasteiger partial charge is 0.416 e. The highest BCUT2D eigenvalue weighted by Crippen LogP contribution is 2.48. The van der Waals surface area contributed by atoms with Crippen LogP contribution in [0.25, 0.3) is 0 Å². The molecule has 0 saturated heterocycles. The maximum Gasteiger partial charge on any atom is 0.416 e. The Balaban J connectivity index is 1.54. The van der Waals surface area contributed by atoms with Gasteiger partial charge in [0, 0.05) is 12.5 Å². The zero-order chi connectivity index (χ0) is 21.9. The van der Waals surface area contributed by atoms with Crippen molar-refractivity contribution in [2.45, 2.75) is 25.1 Å². The predicted molar refractivity (Wildman–Crippen MR) is 102 cm³/mol. The van der Waals surface area contributed by atoms with Crippen LogP contribution in [0, 0.1) is 5.92 Å². The molecule has 2 aromatic carbocycles. The molecule has 2 aromatic rings. The average Bonchev–Trinajstić information content (AvgIpc) is 3.51. The molecule has 0 aromatic heterocycles. The van der Waals surface area contributed by atoms with Crippen molar-refractivity contribution in [2.24, 2.45) is 11.7 Å². The zero-order valence-corrected chi connectivity index (χ0v) is 16.2. The number of carbonyl (C=O) groups is 2. The summed E-state index contributed by atoms with van der Waals surface area (Å²) in [5, 5.41) is 2.83. The molecule has 1 aliphatic carbocycles. The third-order valence-electron chi connectivity index (χ3n) is 4.86. The number of amides is 2. The number of nitrogens with two attached hydrogens (primary N) is 1. The summed E-state index contributed by atoms with van der Waals surface area (Å²) in [5.74, 6) is -0.352. The van der Waals surface area contributed by atoms with E-state index in [0.29, 0.717) is 17.9 Å². The molecule has 1 saturated carbocycles. The van der Waals surface area contributed by atoms with Crippen molar-refractivity contribution in [3.8, 4) is 11.5 Å². The zero-order valence-electron chi connectivity index (χ0n) is 16.2. The summed E-state index contributed by atoms with van der Waals surface area (Å²) >= 11 is 0. The first-order valence-electron chi connectivity index (χ1n) is 9.22. The van der Waals surface area contributed by atoms with Crippen LogP contribution < -0.4 is 20.5 Å². The normalized spacial score (nSPS) is 17.9. The van der Waals surface area contributed by atoms with E-state index in [2.05, 4.69) is 5.32 Å². The summed E-state index contributed by atoms with van der Waals surface area (Å²) in [7, 11) is 1.45. The predicted octanol–water partition coefficient (Wildman–Crippen LogP) is 3.00. The molecule has 2 unspecified atom stereocenters. The van der Waals surface area contributed by atoms with Crippen molar-refractivity contribution in [3.05, 3.63) is 59.2 Å². The van der Waals surface area contributed by atoms with Gasteiger partial charge in [-0.15, -0.1) is 0 Å². The maximum atomic E-state index is 12.7. The summed E-state index contributed by atoms with van der Waals surface area (Å²) < 4.78 is 48.5. The summed E-state index contributed by atoms with van der Waals surface area (Å²) in [6, 6.07) is 9.95. The summed E-state index contributed by atoms with van der Waals surface area (Å²) in [4.78, 5) is 23.2. The Morgan fingerprint density at radius 2 is 1.83 bits per heavy atom. The van der Waals surface area contributed by atoms with Gasteiger partial charge in [-0.1, -0.05) is 18.2 Å². The Morgan fingerprint density at radius 1 is 1.13 bits per heavy atom. The minimum atomic E-state index is -4.37. The molecule has 160 valence electrons. The first kappa shape index (κ1) is 21.5. The van der Waals surface area contributed by atoms with Crippen LogP contribution in [0.15, 0.2) is 42.5 Å². The van der Waals surface area contributed by atoms with Crippen molar-refractivity contribution in [3.63, 3.8) is 0 Å². The third-order valence-corrected chi connectivity index (χ3v) is 4.86. The van der Waals surface area contributed by atoms with Gasteiger partial charge in [0.1, 0.15) is 0 Å². The lowest BCUT2D eigenvalue weighted by atomic mass is 10.1. The number of benzene rings is 2. The van der Waals surface area contributed by atoms with Gasteiger partial charge in [-0.2, -0.15) is 13.2 Å². The van der Waals surface area contributed by atoms with E-state index in [4.69, 9.17) is 15.2 Å². The number of hydrogen-bond donors (Lipinski definition) is 2.